The summed E-state index contributed by atoms with van der Waals surface area (Å²) in [7, 11) is -2.48. The fraction of sp³-hybridized carbons (Fsp3) is 0.400. The van der Waals surface area contributed by atoms with Crippen LogP contribution in [0.1, 0.15) is 5.69 Å². The van der Waals surface area contributed by atoms with Crippen molar-refractivity contribution in [1.82, 2.24) is 4.98 Å². The summed E-state index contributed by atoms with van der Waals surface area (Å²) >= 11 is 0.906. The van der Waals surface area contributed by atoms with Gasteiger partial charge in [-0.05, 0) is 6.92 Å². The summed E-state index contributed by atoms with van der Waals surface area (Å²) in [6.45, 7) is 1.53. The summed E-state index contributed by atoms with van der Waals surface area (Å²) in [6, 6.07) is 0. The molecule has 0 fully saturated rings. The van der Waals surface area contributed by atoms with E-state index in [4.69, 9.17) is 4.55 Å². The van der Waals surface area contributed by atoms with Gasteiger partial charge in [-0.25, -0.2) is 4.98 Å². The van der Waals surface area contributed by atoms with E-state index in [9.17, 15) is 8.42 Å². The van der Waals surface area contributed by atoms with Crippen molar-refractivity contribution in [2.24, 2.45) is 0 Å². The number of rotatable bonds is 2. The van der Waals surface area contributed by atoms with Gasteiger partial charge in [-0.1, -0.05) is 11.3 Å². The van der Waals surface area contributed by atoms with Crippen molar-refractivity contribution >= 4 is 26.6 Å². The zero-order valence-corrected chi connectivity index (χ0v) is 8.16. The van der Waals surface area contributed by atoms with Crippen LogP contribution in [-0.2, 0) is 10.1 Å². The second kappa shape index (κ2) is 3.00. The number of aryl methyl sites for hydroxylation is 1. The molecule has 1 rings (SSSR count). The largest absolute Gasteiger partial charge is 0.365 e. The lowest BCUT2D eigenvalue weighted by Gasteiger charge is -1.89. The van der Waals surface area contributed by atoms with Gasteiger partial charge < -0.3 is 5.32 Å². The van der Waals surface area contributed by atoms with E-state index in [0.717, 1.165) is 11.3 Å². The third kappa shape index (κ3) is 1.74. The maximum Gasteiger partial charge on any atom is 0.306 e. The zero-order valence-electron chi connectivity index (χ0n) is 6.53. The van der Waals surface area contributed by atoms with Gasteiger partial charge in [-0.15, -0.1) is 0 Å². The van der Waals surface area contributed by atoms with E-state index in [0.29, 0.717) is 10.8 Å². The topological polar surface area (TPSA) is 79.3 Å². The molecule has 7 heteroatoms. The Hall–Kier alpha value is -0.660. The molecule has 0 aromatic carbocycles. The Morgan fingerprint density at radius 1 is 1.58 bits per heavy atom. The van der Waals surface area contributed by atoms with Crippen LogP contribution in [0.4, 0.5) is 5.13 Å². The molecule has 0 saturated carbocycles. The van der Waals surface area contributed by atoms with E-state index >= 15 is 0 Å². The molecule has 0 unspecified atom stereocenters. The molecular formula is C5H8N2O3S2. The number of hydrogen-bond acceptors (Lipinski definition) is 5. The summed E-state index contributed by atoms with van der Waals surface area (Å²) < 4.78 is 30.0. The molecule has 1 heterocycles. The van der Waals surface area contributed by atoms with Crippen molar-refractivity contribution in [2.45, 2.75) is 11.1 Å². The lowest BCUT2D eigenvalue weighted by atomic mass is 10.6. The number of hydrogen-bond donors (Lipinski definition) is 2. The minimum Gasteiger partial charge on any atom is -0.365 e. The molecule has 0 aliphatic rings. The second-order valence-corrected chi connectivity index (χ2v) is 4.73. The van der Waals surface area contributed by atoms with Crippen molar-refractivity contribution < 1.29 is 13.0 Å². The van der Waals surface area contributed by atoms with Gasteiger partial charge in [0.05, 0.1) is 5.69 Å². The summed E-state index contributed by atoms with van der Waals surface area (Å²) in [5, 5.41) is 3.16. The SMILES string of the molecule is CNc1nc(C)c(S(=O)(=O)O)s1. The van der Waals surface area contributed by atoms with Crippen LogP contribution < -0.4 is 5.32 Å². The minimum atomic E-state index is -4.11. The van der Waals surface area contributed by atoms with Gasteiger partial charge in [0.1, 0.15) is 0 Å². The van der Waals surface area contributed by atoms with Crippen LogP contribution in [0.2, 0.25) is 0 Å². The summed E-state index contributed by atoms with van der Waals surface area (Å²) in [5.41, 5.74) is 0.312. The molecule has 1 aromatic heterocycles. The molecule has 0 atom stereocenters. The van der Waals surface area contributed by atoms with E-state index in [1.165, 1.54) is 6.92 Å². The van der Waals surface area contributed by atoms with E-state index in [1.54, 1.807) is 7.05 Å². The molecule has 0 aliphatic heterocycles. The Balaban J connectivity index is 3.27. The third-order valence-corrected chi connectivity index (χ3v) is 3.82. The first-order chi connectivity index (χ1) is 5.45. The van der Waals surface area contributed by atoms with Gasteiger partial charge in [0.2, 0.25) is 0 Å². The van der Waals surface area contributed by atoms with E-state index < -0.39 is 10.1 Å². The molecule has 68 valence electrons. The quantitative estimate of drug-likeness (QED) is 0.701. The third-order valence-electron chi connectivity index (χ3n) is 1.20. The van der Waals surface area contributed by atoms with Gasteiger partial charge in [0.25, 0.3) is 0 Å². The molecule has 5 nitrogen and oxygen atoms in total. The molecule has 0 spiro atoms. The molecule has 0 bridgehead atoms. The first kappa shape index (κ1) is 9.43. The van der Waals surface area contributed by atoms with Gasteiger partial charge in [-0.2, -0.15) is 8.42 Å². The van der Waals surface area contributed by atoms with Gasteiger partial charge >= 0.3 is 10.1 Å². The zero-order chi connectivity index (χ0) is 9.35. The van der Waals surface area contributed by atoms with Crippen molar-refractivity contribution in [3.8, 4) is 0 Å². The molecule has 0 radical (unpaired) electrons. The number of nitrogens with one attached hydrogen (secondary N) is 1. The van der Waals surface area contributed by atoms with E-state index in [1.807, 2.05) is 0 Å². The Morgan fingerprint density at radius 2 is 2.17 bits per heavy atom. The van der Waals surface area contributed by atoms with Crippen molar-refractivity contribution in [3.05, 3.63) is 5.69 Å². The Bertz CT molecular complexity index is 381. The highest BCUT2D eigenvalue weighted by Crippen LogP contribution is 2.25. The van der Waals surface area contributed by atoms with Gasteiger partial charge in [-0.3, -0.25) is 4.55 Å². The van der Waals surface area contributed by atoms with Crippen molar-refractivity contribution in [1.29, 1.82) is 0 Å². The van der Waals surface area contributed by atoms with Gasteiger partial charge in [0.15, 0.2) is 9.34 Å². The summed E-state index contributed by atoms with van der Waals surface area (Å²) in [5.74, 6) is 0. The molecule has 0 saturated heterocycles. The fourth-order valence-electron chi connectivity index (χ4n) is 0.729. The highest BCUT2D eigenvalue weighted by Gasteiger charge is 2.18. The maximum absolute atomic E-state index is 10.7. The predicted molar refractivity (Wildman–Crippen MR) is 46.2 cm³/mol. The van der Waals surface area contributed by atoms with Crippen LogP contribution in [0.25, 0.3) is 0 Å². The highest BCUT2D eigenvalue weighted by molar-refractivity contribution is 7.88. The van der Waals surface area contributed by atoms with Crippen molar-refractivity contribution in [3.63, 3.8) is 0 Å². The van der Waals surface area contributed by atoms with Crippen LogP contribution in [-0.4, -0.2) is 25.0 Å². The molecule has 2 N–H and O–H groups in total. The fourth-order valence-corrected chi connectivity index (χ4v) is 2.46. The minimum absolute atomic E-state index is 0.105. The van der Waals surface area contributed by atoms with Crippen molar-refractivity contribution in [2.75, 3.05) is 12.4 Å². The van der Waals surface area contributed by atoms with Crippen LogP contribution in [0.15, 0.2) is 4.21 Å². The maximum atomic E-state index is 10.7. The predicted octanol–water partition coefficient (Wildman–Crippen LogP) is 0.740. The molecule has 12 heavy (non-hydrogen) atoms. The average Bonchev–Trinajstić information content (AvgIpc) is 2.29. The first-order valence-electron chi connectivity index (χ1n) is 3.08. The molecule has 0 amide bonds. The Kier molecular flexibility index (Phi) is 2.36. The number of anilines is 1. The van der Waals surface area contributed by atoms with Gasteiger partial charge in [0, 0.05) is 7.05 Å². The van der Waals surface area contributed by atoms with E-state index in [2.05, 4.69) is 10.3 Å². The molecule has 0 aliphatic carbocycles. The number of nitrogens with zero attached hydrogens (tertiary/aromatic N) is 1. The Labute approximate surface area is 74.2 Å². The monoisotopic (exact) mass is 208 g/mol. The van der Waals surface area contributed by atoms with E-state index in [-0.39, 0.29) is 4.21 Å². The molecular weight excluding hydrogens is 200 g/mol. The normalized spacial score (nSPS) is 11.6. The van der Waals surface area contributed by atoms with Crippen LogP contribution in [0.5, 0.6) is 0 Å². The van der Waals surface area contributed by atoms with Crippen LogP contribution in [0, 0.1) is 6.92 Å². The number of aromatic nitrogens is 1. The van der Waals surface area contributed by atoms with Crippen LogP contribution >= 0.6 is 11.3 Å². The lowest BCUT2D eigenvalue weighted by molar-refractivity contribution is 0.485. The smallest absolute Gasteiger partial charge is 0.306 e. The second-order valence-electron chi connectivity index (χ2n) is 2.12. The average molecular weight is 208 g/mol. The highest BCUT2D eigenvalue weighted by atomic mass is 32.3. The lowest BCUT2D eigenvalue weighted by Crippen LogP contribution is -1.96. The van der Waals surface area contributed by atoms with Crippen LogP contribution in [0.3, 0.4) is 0 Å². The first-order valence-corrected chi connectivity index (χ1v) is 5.33. The summed E-state index contributed by atoms with van der Waals surface area (Å²) in [6.07, 6.45) is 0. The number of thiazole rings is 1. The molecule has 1 aromatic rings. The Morgan fingerprint density at radius 3 is 2.42 bits per heavy atom. The standard InChI is InChI=1S/C5H8N2O3S2/c1-3-4(12(8,9)10)11-5(6-2)7-3/h1-2H3,(H,6,7)(H,8,9,10). The summed E-state index contributed by atoms with van der Waals surface area (Å²) in [4.78, 5) is 3.86.